The minimum Gasteiger partial charge on any atom is -0.507 e. The summed E-state index contributed by atoms with van der Waals surface area (Å²) in [6, 6.07) is 24.9. The van der Waals surface area contributed by atoms with E-state index in [1.54, 1.807) is 6.07 Å². The van der Waals surface area contributed by atoms with Crippen molar-refractivity contribution in [2.75, 3.05) is 67.5 Å². The highest BCUT2D eigenvalue weighted by Crippen LogP contribution is 2.55. The molecule has 0 bridgehead atoms. The number of terminal acetylenes is 1. The molecule has 3 amide bonds. The summed E-state index contributed by atoms with van der Waals surface area (Å²) in [5.74, 6) is 3.21. The minimum absolute atomic E-state index is 0.0466. The number of carbonyl (C=O) groups excluding carboxylic acids is 3. The van der Waals surface area contributed by atoms with E-state index < -0.39 is 23.6 Å². The molecule has 14 nitrogen and oxygen atoms in total. The first-order valence-corrected chi connectivity index (χ1v) is 26.1. The lowest BCUT2D eigenvalue weighted by Crippen LogP contribution is -2.59. The van der Waals surface area contributed by atoms with E-state index in [1.165, 1.54) is 29.0 Å². The Balaban J connectivity index is 0.713. The lowest BCUT2D eigenvalue weighted by Gasteiger charge is -2.55. The van der Waals surface area contributed by atoms with Crippen LogP contribution in [0.2, 0.25) is 0 Å². The van der Waals surface area contributed by atoms with E-state index in [2.05, 4.69) is 78.0 Å². The number of hydrogen-bond donors (Lipinski definition) is 5. The Morgan fingerprint density at radius 1 is 0.859 bits per heavy atom. The Morgan fingerprint density at radius 3 is 2.18 bits per heavy atom. The van der Waals surface area contributed by atoms with Gasteiger partial charge >= 0.3 is 0 Å². The van der Waals surface area contributed by atoms with Gasteiger partial charge in [-0.1, -0.05) is 63.1 Å². The van der Waals surface area contributed by atoms with Gasteiger partial charge in [0.25, 0.3) is 0 Å². The average molecular weight is 964 g/mol. The van der Waals surface area contributed by atoms with Crippen molar-refractivity contribution in [3.8, 4) is 29.4 Å². The van der Waals surface area contributed by atoms with Crippen molar-refractivity contribution in [2.45, 2.75) is 122 Å². The van der Waals surface area contributed by atoms with Crippen LogP contribution in [-0.2, 0) is 20.9 Å². The Labute approximate surface area is 420 Å². The van der Waals surface area contributed by atoms with E-state index in [-0.39, 0.29) is 48.9 Å². The van der Waals surface area contributed by atoms with Gasteiger partial charge in [0.2, 0.25) is 17.7 Å². The van der Waals surface area contributed by atoms with Gasteiger partial charge in [0.15, 0.2) is 5.82 Å². The van der Waals surface area contributed by atoms with Crippen LogP contribution >= 0.6 is 0 Å². The van der Waals surface area contributed by atoms with Crippen LogP contribution in [0.5, 0.6) is 5.75 Å². The number of aromatic hydroxyl groups is 1. The fourth-order valence-electron chi connectivity index (χ4n) is 12.0. The number of piperidine rings is 1. The lowest BCUT2D eigenvalue weighted by molar-refractivity contribution is -0.145. The van der Waals surface area contributed by atoms with Gasteiger partial charge in [-0.25, -0.2) is 0 Å². The molecule has 376 valence electrons. The monoisotopic (exact) mass is 964 g/mol. The van der Waals surface area contributed by atoms with Crippen LogP contribution in [0, 0.1) is 29.1 Å². The van der Waals surface area contributed by atoms with Crippen LogP contribution in [0.4, 0.5) is 17.2 Å². The Morgan fingerprint density at radius 2 is 1.54 bits per heavy atom. The number of benzene rings is 3. The minimum atomic E-state index is -0.833. The highest BCUT2D eigenvalue weighted by molar-refractivity contribution is 5.93. The number of phenols is 1. The van der Waals surface area contributed by atoms with Crippen LogP contribution in [0.3, 0.4) is 0 Å². The molecule has 4 aromatic rings. The molecular weight excluding hydrogens is 891 g/mol. The third-order valence-electron chi connectivity index (χ3n) is 16.3. The number of piperazine rings is 1. The number of anilines is 3. The molecule has 5 aliphatic rings. The quantitative estimate of drug-likeness (QED) is 0.0884. The number of rotatable bonds is 13. The number of likely N-dealkylation sites (tertiary alicyclic amines) is 2. The number of phenolic OH excluding ortho intramolecular Hbond substituents is 1. The van der Waals surface area contributed by atoms with E-state index in [4.69, 9.17) is 6.42 Å². The van der Waals surface area contributed by atoms with Crippen molar-refractivity contribution < 1.29 is 24.6 Å². The van der Waals surface area contributed by atoms with Crippen molar-refractivity contribution in [3.63, 3.8) is 0 Å². The van der Waals surface area contributed by atoms with Crippen molar-refractivity contribution >= 4 is 34.9 Å². The summed E-state index contributed by atoms with van der Waals surface area (Å²) in [6.07, 6.45) is 13.2. The number of aliphatic hydroxyl groups excluding tert-OH is 1. The maximum atomic E-state index is 14.2. The van der Waals surface area contributed by atoms with Crippen LogP contribution in [0.25, 0.3) is 11.3 Å². The lowest BCUT2D eigenvalue weighted by atomic mass is 9.56. The van der Waals surface area contributed by atoms with Gasteiger partial charge < -0.3 is 45.8 Å². The molecule has 9 rings (SSSR count). The van der Waals surface area contributed by atoms with Gasteiger partial charge in [-0.2, -0.15) is 0 Å². The highest BCUT2D eigenvalue weighted by atomic mass is 16.3. The molecule has 5 N–H and O–H groups in total. The van der Waals surface area contributed by atoms with Gasteiger partial charge in [-0.05, 0) is 142 Å². The molecule has 3 atom stereocenters. The Kier molecular flexibility index (Phi) is 14.9. The van der Waals surface area contributed by atoms with Crippen LogP contribution in [-0.4, -0.2) is 125 Å². The number of hydrogen-bond acceptors (Lipinski definition) is 11. The molecule has 0 radical (unpaired) electrons. The average Bonchev–Trinajstić information content (AvgIpc) is 3.78. The molecule has 1 spiro atoms. The van der Waals surface area contributed by atoms with Crippen molar-refractivity contribution in [1.29, 1.82) is 0 Å². The van der Waals surface area contributed by atoms with Crippen molar-refractivity contribution in [3.05, 3.63) is 95.6 Å². The van der Waals surface area contributed by atoms with Gasteiger partial charge in [0.05, 0.1) is 17.5 Å². The summed E-state index contributed by atoms with van der Waals surface area (Å²) >= 11 is 0. The number of carbonyl (C=O) groups is 3. The maximum absolute atomic E-state index is 14.2. The molecule has 3 saturated heterocycles. The largest absolute Gasteiger partial charge is 0.507 e. The second kappa shape index (κ2) is 21.3. The first-order chi connectivity index (χ1) is 34.2. The number of aromatic nitrogens is 2. The SMILES string of the molecule is C#Cc1ccc(CNC(=O)[C@@H]2C[C@@H](O)CN2C(=O)[C@@H](NC(=O)C2CCC3(CC2)CC(N2CCC(c4ccc(N5CCN(c6cc(-c7ccccc7O)nnc6NCC)CC5)cc4)CC2)C3)C(C)(C)C)cc1. The topological polar surface area (TPSA) is 166 Å². The van der Waals surface area contributed by atoms with Crippen molar-refractivity contribution in [1.82, 2.24) is 30.6 Å². The maximum Gasteiger partial charge on any atom is 0.246 e. The summed E-state index contributed by atoms with van der Waals surface area (Å²) in [5, 5.41) is 39.5. The van der Waals surface area contributed by atoms with Crippen LogP contribution in [0.1, 0.15) is 108 Å². The molecule has 3 aromatic carbocycles. The summed E-state index contributed by atoms with van der Waals surface area (Å²) in [6.45, 7) is 14.7. The zero-order valence-corrected chi connectivity index (χ0v) is 42.1. The first-order valence-electron chi connectivity index (χ1n) is 26.1. The number of para-hydroxylation sites is 1. The van der Waals surface area contributed by atoms with Crippen LogP contribution < -0.4 is 25.8 Å². The van der Waals surface area contributed by atoms with Gasteiger partial charge in [-0.15, -0.1) is 16.6 Å². The third-order valence-corrected chi connectivity index (χ3v) is 16.3. The molecule has 14 heteroatoms. The molecule has 0 unspecified atom stereocenters. The van der Waals surface area contributed by atoms with E-state index in [0.29, 0.717) is 28.6 Å². The molecule has 2 saturated carbocycles. The number of β-amino-alcohol motifs (C(OH)–C–C–N with tert-alkyl or cyclic N) is 1. The summed E-state index contributed by atoms with van der Waals surface area (Å²) in [5.41, 5.74) is 6.36. The second-order valence-electron chi connectivity index (χ2n) is 22.0. The van der Waals surface area contributed by atoms with E-state index in [1.807, 2.05) is 69.3 Å². The summed E-state index contributed by atoms with van der Waals surface area (Å²) in [7, 11) is 0. The van der Waals surface area contributed by atoms with Gasteiger partial charge in [-0.3, -0.25) is 14.4 Å². The summed E-state index contributed by atoms with van der Waals surface area (Å²) < 4.78 is 0. The molecule has 1 aromatic heterocycles. The Bertz CT molecular complexity index is 2540. The predicted molar refractivity (Wildman–Crippen MR) is 279 cm³/mol. The molecular formula is C57H73N9O5. The molecule has 5 fully saturated rings. The predicted octanol–water partition coefficient (Wildman–Crippen LogP) is 6.92. The number of aliphatic hydroxyl groups is 1. The first kappa shape index (κ1) is 49.8. The standard InChI is InChI=1S/C57H73N9O5/c1-6-38-12-14-39(15-13-38)36-59-54(70)49-32-45(67)37-66(49)55(71)51(56(3,4)5)60-53(69)42-20-24-57(25-21-42)34-44(35-57)63-26-22-41(23-27-63)40-16-18-43(19-17-40)64-28-30-65(31-29-64)48-33-47(61-62-52(48)58-7-2)46-10-8-9-11-50(46)68/h1,8-19,33,41-42,44-45,49,51,67-68H,7,20-32,34-37H2,2-5H3,(H,58,62)(H,59,70)(H,60,69)/t42?,44?,45-,49+,51-,57?/m1/s1. The number of nitrogens with one attached hydrogen (secondary N) is 3. The van der Waals surface area contributed by atoms with Gasteiger partial charge in [0, 0.05) is 81.0 Å². The van der Waals surface area contributed by atoms with E-state index in [0.717, 1.165) is 107 Å². The number of amides is 3. The van der Waals surface area contributed by atoms with Gasteiger partial charge in [0.1, 0.15) is 17.8 Å². The number of nitrogens with zero attached hydrogens (tertiary/aromatic N) is 6. The Hall–Kier alpha value is -6.17. The van der Waals surface area contributed by atoms with Crippen molar-refractivity contribution in [2.24, 2.45) is 16.7 Å². The van der Waals surface area contributed by atoms with E-state index in [9.17, 15) is 24.6 Å². The molecule has 4 heterocycles. The third kappa shape index (κ3) is 11.2. The zero-order valence-electron chi connectivity index (χ0n) is 42.1. The smallest absolute Gasteiger partial charge is 0.246 e. The second-order valence-corrected chi connectivity index (χ2v) is 22.0. The molecule has 2 aliphatic carbocycles. The molecule has 71 heavy (non-hydrogen) atoms. The van der Waals surface area contributed by atoms with E-state index >= 15 is 0 Å². The fraction of sp³-hybridized carbons (Fsp3) is 0.526. The zero-order chi connectivity index (χ0) is 49.9. The normalized spacial score (nSPS) is 24.5. The molecule has 3 aliphatic heterocycles. The fourth-order valence-corrected chi connectivity index (χ4v) is 12.0. The van der Waals surface area contributed by atoms with Crippen LogP contribution in [0.15, 0.2) is 78.9 Å². The highest BCUT2D eigenvalue weighted by Gasteiger charge is 2.50. The summed E-state index contributed by atoms with van der Waals surface area (Å²) in [4.78, 5) is 50.6.